The molecule has 9 nitrogen and oxygen atoms in total. The number of anilines is 1. The van der Waals surface area contributed by atoms with Crippen LogP contribution in [0.15, 0.2) is 41.3 Å². The molecular weight excluding hydrogens is 490 g/mol. The van der Waals surface area contributed by atoms with E-state index in [0.717, 1.165) is 11.0 Å². The number of ether oxygens (including phenoxy) is 1. The van der Waals surface area contributed by atoms with E-state index >= 15 is 0 Å². The molecule has 3 rings (SSSR count). The van der Waals surface area contributed by atoms with E-state index in [9.17, 15) is 32.4 Å². The molecule has 0 bridgehead atoms. The maximum absolute atomic E-state index is 14.5. The highest BCUT2D eigenvalue weighted by atomic mass is 35.5. The van der Waals surface area contributed by atoms with Crippen LogP contribution in [0.2, 0.25) is 5.02 Å². The number of hydrogen-bond acceptors (Lipinski definition) is 7. The Morgan fingerprint density at radius 3 is 2.44 bits per heavy atom. The van der Waals surface area contributed by atoms with Crippen LogP contribution in [0.25, 0.3) is 0 Å². The van der Waals surface area contributed by atoms with E-state index in [1.165, 1.54) is 0 Å². The summed E-state index contributed by atoms with van der Waals surface area (Å²) in [6.07, 6.45) is -1.00. The van der Waals surface area contributed by atoms with Crippen LogP contribution < -0.4 is 15.7 Å². The van der Waals surface area contributed by atoms with Crippen molar-refractivity contribution in [3.05, 3.63) is 52.8 Å². The molecule has 3 N–H and O–H groups in total. The maximum Gasteiger partial charge on any atom is 0.491 e. The average molecular weight is 513 g/mol. The molecule has 2 aromatic rings. The standard InChI is InChI=1S/C21H23BClFN2O7S/c1-21(2,3)33-20(28)25-16-11-34(31,32)18-9-15(24)14(22(29)30)8-17(18)26(19(16)27)10-12-4-6-13(23)7-5-12/h4-9,16,29-30H,10-11H2,1-3H3,(H,25,28)/t16-/m0/s1. The summed E-state index contributed by atoms with van der Waals surface area (Å²) in [5.74, 6) is -2.83. The number of sulfone groups is 1. The molecule has 2 aromatic carbocycles. The van der Waals surface area contributed by atoms with Gasteiger partial charge in [0.25, 0.3) is 5.91 Å². The fourth-order valence-electron chi connectivity index (χ4n) is 3.39. The summed E-state index contributed by atoms with van der Waals surface area (Å²) in [4.78, 5) is 26.3. The van der Waals surface area contributed by atoms with E-state index in [-0.39, 0.29) is 12.2 Å². The van der Waals surface area contributed by atoms with Crippen molar-refractivity contribution in [1.29, 1.82) is 0 Å². The number of benzene rings is 2. The van der Waals surface area contributed by atoms with Crippen LogP contribution in [0.5, 0.6) is 0 Å². The van der Waals surface area contributed by atoms with Crippen LogP contribution in [-0.4, -0.2) is 55.0 Å². The van der Waals surface area contributed by atoms with Gasteiger partial charge >= 0.3 is 13.2 Å². The van der Waals surface area contributed by atoms with Gasteiger partial charge in [-0.2, -0.15) is 0 Å². The second-order valence-corrected chi connectivity index (χ2v) is 11.2. The molecule has 0 saturated carbocycles. The molecule has 0 fully saturated rings. The minimum absolute atomic E-state index is 0.169. The monoisotopic (exact) mass is 512 g/mol. The van der Waals surface area contributed by atoms with E-state index in [0.29, 0.717) is 16.7 Å². The third-order valence-electron chi connectivity index (χ3n) is 4.88. The quantitative estimate of drug-likeness (QED) is 0.527. The summed E-state index contributed by atoms with van der Waals surface area (Å²) in [6.45, 7) is 4.64. The van der Waals surface area contributed by atoms with Crippen molar-refractivity contribution in [2.75, 3.05) is 10.7 Å². The molecule has 0 aromatic heterocycles. The number of nitrogens with zero attached hydrogens (tertiary/aromatic N) is 1. The number of fused-ring (bicyclic) bond motifs is 1. The van der Waals surface area contributed by atoms with Gasteiger partial charge in [0, 0.05) is 10.5 Å². The van der Waals surface area contributed by atoms with E-state index < -0.39 is 62.5 Å². The lowest BCUT2D eigenvalue weighted by atomic mass is 9.79. The van der Waals surface area contributed by atoms with Gasteiger partial charge in [-0.25, -0.2) is 17.6 Å². The minimum atomic E-state index is -4.30. The molecule has 1 atom stereocenters. The van der Waals surface area contributed by atoms with Gasteiger partial charge in [0.2, 0.25) is 0 Å². The van der Waals surface area contributed by atoms with Gasteiger partial charge in [-0.3, -0.25) is 4.79 Å². The number of halogens is 2. The molecule has 0 spiro atoms. The zero-order chi connectivity index (χ0) is 25.4. The van der Waals surface area contributed by atoms with Crippen LogP contribution in [0, 0.1) is 5.82 Å². The second kappa shape index (κ2) is 9.53. The van der Waals surface area contributed by atoms with Crippen molar-refractivity contribution in [3.8, 4) is 0 Å². The molecule has 1 aliphatic rings. The summed E-state index contributed by atoms with van der Waals surface area (Å²) in [5.41, 5.74) is -1.22. The lowest BCUT2D eigenvalue weighted by molar-refractivity contribution is -0.120. The van der Waals surface area contributed by atoms with Gasteiger partial charge in [0.05, 0.1) is 22.9 Å². The summed E-state index contributed by atoms with van der Waals surface area (Å²) in [7, 11) is -6.55. The lowest BCUT2D eigenvalue weighted by Crippen LogP contribution is -2.51. The summed E-state index contributed by atoms with van der Waals surface area (Å²) in [5, 5.41) is 21.8. The molecule has 2 amide bonds. The molecule has 0 unspecified atom stereocenters. The molecule has 1 heterocycles. The van der Waals surface area contributed by atoms with Crippen molar-refractivity contribution in [1.82, 2.24) is 5.32 Å². The van der Waals surface area contributed by atoms with Crippen LogP contribution in [-0.2, 0) is 25.9 Å². The Bertz CT molecular complexity index is 1220. The first-order valence-corrected chi connectivity index (χ1v) is 12.2. The first kappa shape index (κ1) is 25.9. The van der Waals surface area contributed by atoms with Gasteiger partial charge in [0.15, 0.2) is 9.84 Å². The highest BCUT2D eigenvalue weighted by Crippen LogP contribution is 2.32. The molecule has 13 heteroatoms. The van der Waals surface area contributed by atoms with E-state index in [2.05, 4.69) is 5.32 Å². The number of carbonyl (C=O) groups excluding carboxylic acids is 2. The third-order valence-corrected chi connectivity index (χ3v) is 6.90. The van der Waals surface area contributed by atoms with Gasteiger partial charge in [-0.1, -0.05) is 23.7 Å². The number of amides is 2. The predicted octanol–water partition coefficient (Wildman–Crippen LogP) is 1.37. The fraction of sp³-hybridized carbons (Fsp3) is 0.333. The van der Waals surface area contributed by atoms with E-state index in [1.54, 1.807) is 45.0 Å². The van der Waals surface area contributed by atoms with Gasteiger partial charge in [-0.05, 0) is 50.6 Å². The van der Waals surface area contributed by atoms with Gasteiger partial charge in [0.1, 0.15) is 17.5 Å². The van der Waals surface area contributed by atoms with Crippen molar-refractivity contribution in [2.24, 2.45) is 0 Å². The minimum Gasteiger partial charge on any atom is -0.444 e. The first-order valence-electron chi connectivity index (χ1n) is 10.2. The Kier molecular flexibility index (Phi) is 7.27. The Morgan fingerprint density at radius 1 is 1.26 bits per heavy atom. The largest absolute Gasteiger partial charge is 0.491 e. The topological polar surface area (TPSA) is 133 Å². The maximum atomic E-state index is 14.5. The summed E-state index contributed by atoms with van der Waals surface area (Å²) in [6, 6.07) is 6.34. The van der Waals surface area contributed by atoms with Crippen molar-refractivity contribution in [3.63, 3.8) is 0 Å². The Balaban J connectivity index is 2.13. The normalized spacial score (nSPS) is 17.6. The van der Waals surface area contributed by atoms with E-state index in [1.807, 2.05) is 0 Å². The summed E-state index contributed by atoms with van der Waals surface area (Å²) < 4.78 is 45.9. The van der Waals surface area contributed by atoms with Crippen molar-refractivity contribution in [2.45, 2.75) is 43.9 Å². The fourth-order valence-corrected chi connectivity index (χ4v) is 5.13. The van der Waals surface area contributed by atoms with Crippen molar-refractivity contribution >= 4 is 51.7 Å². The van der Waals surface area contributed by atoms with Crippen LogP contribution in [0.1, 0.15) is 26.3 Å². The predicted molar refractivity (Wildman–Crippen MR) is 124 cm³/mol. The molecule has 182 valence electrons. The highest BCUT2D eigenvalue weighted by Gasteiger charge is 2.40. The van der Waals surface area contributed by atoms with Crippen molar-refractivity contribution < 1.29 is 37.2 Å². The smallest absolute Gasteiger partial charge is 0.444 e. The zero-order valence-corrected chi connectivity index (χ0v) is 20.2. The summed E-state index contributed by atoms with van der Waals surface area (Å²) >= 11 is 5.92. The number of rotatable bonds is 4. The molecular formula is C21H23BClFN2O7S. The van der Waals surface area contributed by atoms with Gasteiger partial charge < -0.3 is 25.0 Å². The van der Waals surface area contributed by atoms with Gasteiger partial charge in [-0.15, -0.1) is 0 Å². The zero-order valence-electron chi connectivity index (χ0n) is 18.6. The van der Waals surface area contributed by atoms with Crippen LogP contribution in [0.4, 0.5) is 14.9 Å². The third kappa shape index (κ3) is 5.87. The Hall–Kier alpha value is -2.67. The highest BCUT2D eigenvalue weighted by molar-refractivity contribution is 7.91. The molecule has 0 saturated heterocycles. The van der Waals surface area contributed by atoms with Crippen LogP contribution in [0.3, 0.4) is 0 Å². The molecule has 1 aliphatic heterocycles. The number of hydrogen-bond donors (Lipinski definition) is 3. The first-order chi connectivity index (χ1) is 15.7. The molecule has 0 radical (unpaired) electrons. The number of carbonyl (C=O) groups is 2. The number of alkyl carbamates (subject to hydrolysis) is 1. The lowest BCUT2D eigenvalue weighted by Gasteiger charge is -2.27. The van der Waals surface area contributed by atoms with Crippen LogP contribution >= 0.6 is 11.6 Å². The van der Waals surface area contributed by atoms with E-state index in [4.69, 9.17) is 16.3 Å². The Morgan fingerprint density at radius 2 is 1.88 bits per heavy atom. The Labute approximate surface area is 201 Å². The molecule has 0 aliphatic carbocycles. The number of nitrogens with one attached hydrogen (secondary N) is 1. The second-order valence-electron chi connectivity index (χ2n) is 8.75. The SMILES string of the molecule is CC(C)(C)OC(=O)N[C@H]1CS(=O)(=O)c2cc(F)c(B(O)O)cc2N(Cc2ccc(Cl)cc2)C1=O. The molecule has 34 heavy (non-hydrogen) atoms. The average Bonchev–Trinajstić information content (AvgIpc) is 2.76.